The molecule has 6 heteroatoms. The van der Waals surface area contributed by atoms with E-state index in [1.54, 1.807) is 24.3 Å². The predicted molar refractivity (Wildman–Crippen MR) is 57.2 cm³/mol. The second kappa shape index (κ2) is 6.02. The van der Waals surface area contributed by atoms with Crippen molar-refractivity contribution in [1.29, 1.82) is 0 Å². The van der Waals surface area contributed by atoms with Crippen molar-refractivity contribution >= 4 is 24.0 Å². The minimum atomic E-state index is -1.22. The SMILES string of the molecule is COc1ccccc1SOC(=O)CC(=O)O. The zero-order valence-electron chi connectivity index (χ0n) is 8.50. The molecule has 1 aromatic rings. The number of benzene rings is 1. The summed E-state index contributed by atoms with van der Waals surface area (Å²) in [5, 5.41) is 8.35. The zero-order chi connectivity index (χ0) is 12.0. The van der Waals surface area contributed by atoms with Gasteiger partial charge in [0.25, 0.3) is 0 Å². The number of carboxylic acids is 1. The standard InChI is InChI=1S/C10H10O5S/c1-14-7-4-2-3-5-8(7)16-15-10(13)6-9(11)12/h2-5H,6H2,1H3,(H,11,12). The van der Waals surface area contributed by atoms with Crippen molar-refractivity contribution in [1.82, 2.24) is 0 Å². The molecule has 0 heterocycles. The average Bonchev–Trinajstić information content (AvgIpc) is 2.26. The summed E-state index contributed by atoms with van der Waals surface area (Å²) < 4.78 is 9.73. The molecule has 0 radical (unpaired) electrons. The normalized spacial score (nSPS) is 9.56. The van der Waals surface area contributed by atoms with Crippen LogP contribution in [0.3, 0.4) is 0 Å². The quantitative estimate of drug-likeness (QED) is 0.626. The number of rotatable bonds is 5. The third kappa shape index (κ3) is 3.82. The Balaban J connectivity index is 2.54. The lowest BCUT2D eigenvalue weighted by Gasteiger charge is -2.06. The number of hydrogen-bond acceptors (Lipinski definition) is 5. The molecule has 0 saturated carbocycles. The summed E-state index contributed by atoms with van der Waals surface area (Å²) in [6.07, 6.45) is -0.651. The molecule has 0 aliphatic rings. The second-order valence-corrected chi connectivity index (χ2v) is 3.53. The number of aliphatic carboxylic acids is 1. The number of carbonyl (C=O) groups excluding carboxylic acids is 1. The first-order chi connectivity index (χ1) is 7.63. The Hall–Kier alpha value is -1.69. The van der Waals surface area contributed by atoms with Crippen LogP contribution in [0.4, 0.5) is 0 Å². The van der Waals surface area contributed by atoms with Crippen molar-refractivity contribution in [3.05, 3.63) is 24.3 Å². The highest BCUT2D eigenvalue weighted by molar-refractivity contribution is 7.95. The van der Waals surface area contributed by atoms with Crippen LogP contribution < -0.4 is 4.74 Å². The highest BCUT2D eigenvalue weighted by Crippen LogP contribution is 2.29. The van der Waals surface area contributed by atoms with Crippen LogP contribution in [-0.2, 0) is 13.8 Å². The molecule has 86 valence electrons. The smallest absolute Gasteiger partial charge is 0.329 e. The molecule has 0 spiro atoms. The highest BCUT2D eigenvalue weighted by atomic mass is 32.2. The monoisotopic (exact) mass is 242 g/mol. The number of para-hydroxylation sites is 1. The first kappa shape index (κ1) is 12.4. The third-order valence-corrected chi connectivity index (χ3v) is 2.38. The van der Waals surface area contributed by atoms with E-state index in [0.717, 1.165) is 12.0 Å². The maximum Gasteiger partial charge on any atom is 0.329 e. The van der Waals surface area contributed by atoms with Gasteiger partial charge in [-0.2, -0.15) is 0 Å². The van der Waals surface area contributed by atoms with E-state index in [2.05, 4.69) is 0 Å². The Bertz CT molecular complexity index is 391. The molecule has 0 unspecified atom stereocenters. The van der Waals surface area contributed by atoms with Crippen molar-refractivity contribution in [2.24, 2.45) is 0 Å². The first-order valence-corrected chi connectivity index (χ1v) is 5.10. The van der Waals surface area contributed by atoms with Crippen LogP contribution in [-0.4, -0.2) is 24.2 Å². The summed E-state index contributed by atoms with van der Waals surface area (Å²) in [5.41, 5.74) is 0. The third-order valence-electron chi connectivity index (χ3n) is 1.59. The fraction of sp³-hybridized carbons (Fsp3) is 0.200. The molecule has 0 aliphatic heterocycles. The van der Waals surface area contributed by atoms with Gasteiger partial charge in [-0.3, -0.25) is 9.59 Å². The van der Waals surface area contributed by atoms with E-state index >= 15 is 0 Å². The molecule has 0 aromatic heterocycles. The summed E-state index contributed by atoms with van der Waals surface area (Å²) in [7, 11) is 1.50. The van der Waals surface area contributed by atoms with Crippen LogP contribution in [0.1, 0.15) is 6.42 Å². The number of hydrogen-bond donors (Lipinski definition) is 1. The molecule has 1 rings (SSSR count). The molecule has 0 saturated heterocycles. The van der Waals surface area contributed by atoms with E-state index in [9.17, 15) is 9.59 Å². The van der Waals surface area contributed by atoms with Gasteiger partial charge in [0.15, 0.2) is 0 Å². The molecule has 0 fully saturated rings. The van der Waals surface area contributed by atoms with E-state index in [0.29, 0.717) is 10.6 Å². The van der Waals surface area contributed by atoms with Gasteiger partial charge < -0.3 is 14.0 Å². The molecule has 5 nitrogen and oxygen atoms in total. The summed E-state index contributed by atoms with van der Waals surface area (Å²) in [4.78, 5) is 21.8. The van der Waals surface area contributed by atoms with Crippen LogP contribution in [0.2, 0.25) is 0 Å². The predicted octanol–water partition coefficient (Wildman–Crippen LogP) is 1.72. The second-order valence-electron chi connectivity index (χ2n) is 2.76. The number of carboxylic acid groups (broad SMARTS) is 1. The van der Waals surface area contributed by atoms with Crippen LogP contribution in [0, 0.1) is 0 Å². The van der Waals surface area contributed by atoms with Crippen molar-refractivity contribution in [3.8, 4) is 5.75 Å². The summed E-state index contributed by atoms with van der Waals surface area (Å²) >= 11 is 0.784. The van der Waals surface area contributed by atoms with Gasteiger partial charge in [0.05, 0.1) is 24.0 Å². The van der Waals surface area contributed by atoms with E-state index in [1.165, 1.54) is 7.11 Å². The Kier molecular flexibility index (Phi) is 4.65. The Labute approximate surface area is 96.6 Å². The minimum absolute atomic E-state index is 0.565. The van der Waals surface area contributed by atoms with Crippen LogP contribution >= 0.6 is 12.0 Å². The molecule has 1 aromatic carbocycles. The molecular weight excluding hydrogens is 232 g/mol. The largest absolute Gasteiger partial charge is 0.495 e. The van der Waals surface area contributed by atoms with Gasteiger partial charge >= 0.3 is 11.9 Å². The maximum atomic E-state index is 11.0. The fourth-order valence-corrected chi connectivity index (χ4v) is 1.54. The molecule has 0 aliphatic carbocycles. The molecule has 1 N–H and O–H groups in total. The summed E-state index contributed by atoms with van der Waals surface area (Å²) in [6.45, 7) is 0. The lowest BCUT2D eigenvalue weighted by Crippen LogP contribution is -2.06. The van der Waals surface area contributed by atoms with Crippen LogP contribution in [0.25, 0.3) is 0 Å². The van der Waals surface area contributed by atoms with E-state index in [-0.39, 0.29) is 0 Å². The fourth-order valence-electron chi connectivity index (χ4n) is 0.932. The van der Waals surface area contributed by atoms with Gasteiger partial charge in [-0.25, -0.2) is 0 Å². The van der Waals surface area contributed by atoms with Gasteiger partial charge in [-0.15, -0.1) is 0 Å². The van der Waals surface area contributed by atoms with Crippen LogP contribution in [0.5, 0.6) is 5.75 Å². The minimum Gasteiger partial charge on any atom is -0.495 e. The Morgan fingerprint density at radius 1 is 1.38 bits per heavy atom. The van der Waals surface area contributed by atoms with Gasteiger partial charge in [0.1, 0.15) is 12.2 Å². The number of carbonyl (C=O) groups is 2. The van der Waals surface area contributed by atoms with Crippen molar-refractivity contribution in [3.63, 3.8) is 0 Å². The highest BCUT2D eigenvalue weighted by Gasteiger charge is 2.11. The van der Waals surface area contributed by atoms with Crippen molar-refractivity contribution in [2.75, 3.05) is 7.11 Å². The van der Waals surface area contributed by atoms with E-state index in [4.69, 9.17) is 14.0 Å². The van der Waals surface area contributed by atoms with Gasteiger partial charge in [-0.1, -0.05) is 12.1 Å². The molecule has 0 amide bonds. The maximum absolute atomic E-state index is 11.0. The van der Waals surface area contributed by atoms with Crippen molar-refractivity contribution in [2.45, 2.75) is 11.3 Å². The first-order valence-electron chi connectivity index (χ1n) is 4.35. The topological polar surface area (TPSA) is 72.8 Å². The molecule has 0 bridgehead atoms. The van der Waals surface area contributed by atoms with Crippen molar-refractivity contribution < 1.29 is 23.6 Å². The van der Waals surface area contributed by atoms with Gasteiger partial charge in [0, 0.05) is 0 Å². The summed E-state index contributed by atoms with van der Waals surface area (Å²) in [5.74, 6) is -1.45. The van der Waals surface area contributed by atoms with Gasteiger partial charge in [0.2, 0.25) is 0 Å². The Morgan fingerprint density at radius 2 is 2.06 bits per heavy atom. The average molecular weight is 242 g/mol. The lowest BCUT2D eigenvalue weighted by atomic mass is 10.3. The Morgan fingerprint density at radius 3 is 2.69 bits per heavy atom. The lowest BCUT2D eigenvalue weighted by molar-refractivity contribution is -0.145. The van der Waals surface area contributed by atoms with Crippen LogP contribution in [0.15, 0.2) is 29.2 Å². The summed E-state index contributed by atoms with van der Waals surface area (Å²) in [6, 6.07) is 6.96. The number of methoxy groups -OCH3 is 1. The molecular formula is C10H10O5S. The van der Waals surface area contributed by atoms with E-state index < -0.39 is 18.4 Å². The van der Waals surface area contributed by atoms with Gasteiger partial charge in [-0.05, 0) is 12.1 Å². The molecule has 16 heavy (non-hydrogen) atoms. The van der Waals surface area contributed by atoms with E-state index in [1.807, 2.05) is 0 Å². The zero-order valence-corrected chi connectivity index (χ0v) is 9.32. The molecule has 0 atom stereocenters. The number of ether oxygens (including phenoxy) is 1.